The zero-order chi connectivity index (χ0) is 14.0. The van der Waals surface area contributed by atoms with Gasteiger partial charge in [-0.05, 0) is 11.6 Å². The van der Waals surface area contributed by atoms with Gasteiger partial charge in [-0.15, -0.1) is 0 Å². The molecule has 0 atom stereocenters. The number of benzene rings is 1. The van der Waals surface area contributed by atoms with E-state index in [4.69, 9.17) is 10.2 Å². The second-order valence-electron chi connectivity index (χ2n) is 4.02. The molecule has 0 unspecified atom stereocenters. The molecule has 0 radical (unpaired) electrons. The third-order valence-electron chi connectivity index (χ3n) is 2.61. The second kappa shape index (κ2) is 4.87. The van der Waals surface area contributed by atoms with Crippen LogP contribution in [0.4, 0.5) is 0 Å². The van der Waals surface area contributed by atoms with E-state index < -0.39 is 16.0 Å². The van der Waals surface area contributed by atoms with E-state index in [0.29, 0.717) is 0 Å². The van der Waals surface area contributed by atoms with Crippen molar-refractivity contribution in [2.45, 2.75) is 11.4 Å². The molecule has 100 valence electrons. The van der Waals surface area contributed by atoms with Gasteiger partial charge in [-0.25, -0.2) is 18.4 Å². The molecule has 0 spiro atoms. The monoisotopic (exact) mass is 280 g/mol. The van der Waals surface area contributed by atoms with Crippen LogP contribution in [0, 0.1) is 0 Å². The van der Waals surface area contributed by atoms with Crippen molar-refractivity contribution in [3.05, 3.63) is 53.9 Å². The summed E-state index contributed by atoms with van der Waals surface area (Å²) in [5.74, 6) is -1.20. The molecule has 0 amide bonds. The zero-order valence-electron chi connectivity index (χ0n) is 9.85. The number of aromatic nitrogens is 1. The van der Waals surface area contributed by atoms with Crippen molar-refractivity contribution in [3.8, 4) is 0 Å². The molecule has 0 saturated heterocycles. The summed E-state index contributed by atoms with van der Waals surface area (Å²) >= 11 is 0. The molecule has 6 nitrogen and oxygen atoms in total. The number of rotatable bonds is 4. The van der Waals surface area contributed by atoms with Gasteiger partial charge in [0, 0.05) is 12.7 Å². The smallest absolute Gasteiger partial charge is 0.352 e. The minimum atomic E-state index is -3.91. The van der Waals surface area contributed by atoms with Crippen LogP contribution in [-0.4, -0.2) is 24.1 Å². The van der Waals surface area contributed by atoms with E-state index in [1.165, 1.54) is 10.8 Å². The molecule has 7 heteroatoms. The van der Waals surface area contributed by atoms with Gasteiger partial charge in [0.2, 0.25) is 10.0 Å². The lowest BCUT2D eigenvalue weighted by atomic mass is 10.2. The molecule has 0 bridgehead atoms. The Morgan fingerprint density at radius 2 is 1.89 bits per heavy atom. The SMILES string of the molecule is NS(=O)(=O)c1cc(C(=O)O)n(Cc2ccccc2)c1. The van der Waals surface area contributed by atoms with Crippen molar-refractivity contribution < 1.29 is 18.3 Å². The molecule has 3 N–H and O–H groups in total. The van der Waals surface area contributed by atoms with Crippen LogP contribution in [0.3, 0.4) is 0 Å². The van der Waals surface area contributed by atoms with Gasteiger partial charge in [0.25, 0.3) is 0 Å². The Balaban J connectivity index is 2.45. The number of sulfonamides is 1. The fourth-order valence-corrected chi connectivity index (χ4v) is 2.28. The van der Waals surface area contributed by atoms with Crippen LogP contribution in [-0.2, 0) is 16.6 Å². The van der Waals surface area contributed by atoms with E-state index in [1.807, 2.05) is 30.3 Å². The molecular formula is C12H12N2O4S. The maximum Gasteiger partial charge on any atom is 0.352 e. The first-order valence-corrected chi connectivity index (χ1v) is 6.93. The minimum absolute atomic E-state index is 0.118. The van der Waals surface area contributed by atoms with Gasteiger partial charge < -0.3 is 9.67 Å². The fraction of sp³-hybridized carbons (Fsp3) is 0.0833. The minimum Gasteiger partial charge on any atom is -0.477 e. The first-order valence-electron chi connectivity index (χ1n) is 5.38. The van der Waals surface area contributed by atoms with Crippen LogP contribution in [0.2, 0.25) is 0 Å². The van der Waals surface area contributed by atoms with Gasteiger partial charge in [-0.3, -0.25) is 0 Å². The summed E-state index contributed by atoms with van der Waals surface area (Å²) in [5.41, 5.74) is 0.745. The highest BCUT2D eigenvalue weighted by Crippen LogP contribution is 2.15. The summed E-state index contributed by atoms with van der Waals surface area (Å²) in [6.45, 7) is 0.262. The normalized spacial score (nSPS) is 11.4. The fourth-order valence-electron chi connectivity index (χ4n) is 1.73. The molecule has 1 heterocycles. The van der Waals surface area contributed by atoms with E-state index in [-0.39, 0.29) is 17.1 Å². The highest BCUT2D eigenvalue weighted by Gasteiger charge is 2.18. The standard InChI is InChI=1S/C12H12N2O4S/c13-19(17,18)10-6-11(12(15)16)14(8-10)7-9-4-2-1-3-5-9/h1-6,8H,7H2,(H,15,16)(H2,13,17,18). The summed E-state index contributed by atoms with van der Waals surface area (Å²) in [6.07, 6.45) is 1.23. The molecule has 1 aromatic heterocycles. The van der Waals surface area contributed by atoms with Crippen molar-refractivity contribution >= 4 is 16.0 Å². The summed E-state index contributed by atoms with van der Waals surface area (Å²) < 4.78 is 23.8. The predicted octanol–water partition coefficient (Wildman–Crippen LogP) is 0.882. The average molecular weight is 280 g/mol. The van der Waals surface area contributed by atoms with Crippen LogP contribution in [0.25, 0.3) is 0 Å². The van der Waals surface area contributed by atoms with E-state index in [1.54, 1.807) is 0 Å². The maximum atomic E-state index is 11.2. The molecule has 0 fully saturated rings. The largest absolute Gasteiger partial charge is 0.477 e. The topological polar surface area (TPSA) is 102 Å². The highest BCUT2D eigenvalue weighted by molar-refractivity contribution is 7.89. The molecule has 2 rings (SSSR count). The summed E-state index contributed by atoms with van der Waals surface area (Å²) in [7, 11) is -3.91. The molecule has 0 saturated carbocycles. The summed E-state index contributed by atoms with van der Waals surface area (Å²) in [5, 5.41) is 14.1. The Bertz CT molecular complexity index is 705. The molecule has 0 aliphatic rings. The van der Waals surface area contributed by atoms with Crippen molar-refractivity contribution in [2.24, 2.45) is 5.14 Å². The molecular weight excluding hydrogens is 268 g/mol. The Hall–Kier alpha value is -2.12. The van der Waals surface area contributed by atoms with Crippen LogP contribution < -0.4 is 5.14 Å². The lowest BCUT2D eigenvalue weighted by molar-refractivity contribution is 0.0685. The van der Waals surface area contributed by atoms with Gasteiger partial charge in [0.05, 0.1) is 0 Å². The average Bonchev–Trinajstić information content (AvgIpc) is 2.74. The molecule has 0 aliphatic heterocycles. The van der Waals surface area contributed by atoms with Gasteiger partial charge in [0.15, 0.2) is 0 Å². The van der Waals surface area contributed by atoms with Crippen LogP contribution >= 0.6 is 0 Å². The van der Waals surface area contributed by atoms with E-state index in [9.17, 15) is 13.2 Å². The lowest BCUT2D eigenvalue weighted by Crippen LogP contribution is -2.11. The third-order valence-corrected chi connectivity index (χ3v) is 3.50. The number of carboxylic acids is 1. The lowest BCUT2D eigenvalue weighted by Gasteiger charge is -2.05. The Labute approximate surface area is 110 Å². The molecule has 19 heavy (non-hydrogen) atoms. The first kappa shape index (κ1) is 13.3. The van der Waals surface area contributed by atoms with Gasteiger partial charge in [0.1, 0.15) is 10.6 Å². The number of nitrogens with two attached hydrogens (primary N) is 1. The van der Waals surface area contributed by atoms with Gasteiger partial charge >= 0.3 is 5.97 Å². The predicted molar refractivity (Wildman–Crippen MR) is 68.3 cm³/mol. The number of nitrogens with zero attached hydrogens (tertiary/aromatic N) is 1. The number of hydrogen-bond acceptors (Lipinski definition) is 3. The summed E-state index contributed by atoms with van der Waals surface area (Å²) in [4.78, 5) is 10.9. The van der Waals surface area contributed by atoms with Crippen molar-refractivity contribution in [1.29, 1.82) is 0 Å². The molecule has 0 aliphatic carbocycles. The van der Waals surface area contributed by atoms with Crippen molar-refractivity contribution in [3.63, 3.8) is 0 Å². The zero-order valence-corrected chi connectivity index (χ0v) is 10.7. The Morgan fingerprint density at radius 3 is 2.42 bits per heavy atom. The first-order chi connectivity index (χ1) is 8.88. The second-order valence-corrected chi connectivity index (χ2v) is 5.59. The van der Waals surface area contributed by atoms with Gasteiger partial charge in [-0.2, -0.15) is 0 Å². The van der Waals surface area contributed by atoms with E-state index in [2.05, 4.69) is 0 Å². The quantitative estimate of drug-likeness (QED) is 0.867. The highest BCUT2D eigenvalue weighted by atomic mass is 32.2. The number of carboxylic acid groups (broad SMARTS) is 1. The number of primary sulfonamides is 1. The Kier molecular flexibility index (Phi) is 3.41. The molecule has 2 aromatic rings. The van der Waals surface area contributed by atoms with Crippen LogP contribution in [0.5, 0.6) is 0 Å². The van der Waals surface area contributed by atoms with Gasteiger partial charge in [-0.1, -0.05) is 30.3 Å². The summed E-state index contributed by atoms with van der Waals surface area (Å²) in [6, 6.07) is 10.2. The van der Waals surface area contributed by atoms with Crippen molar-refractivity contribution in [1.82, 2.24) is 4.57 Å². The number of carbonyl (C=O) groups is 1. The van der Waals surface area contributed by atoms with Crippen molar-refractivity contribution in [2.75, 3.05) is 0 Å². The van der Waals surface area contributed by atoms with E-state index >= 15 is 0 Å². The van der Waals surface area contributed by atoms with Crippen LogP contribution in [0.15, 0.2) is 47.5 Å². The number of aromatic carboxylic acids is 1. The van der Waals surface area contributed by atoms with Crippen LogP contribution in [0.1, 0.15) is 16.1 Å². The maximum absolute atomic E-state index is 11.2. The molecule has 1 aromatic carbocycles. The van der Waals surface area contributed by atoms with E-state index in [0.717, 1.165) is 11.6 Å². The Morgan fingerprint density at radius 1 is 1.26 bits per heavy atom. The number of hydrogen-bond donors (Lipinski definition) is 2. The third kappa shape index (κ3) is 3.01.